The first-order valence-corrected chi connectivity index (χ1v) is 7.19. The molecule has 0 aliphatic carbocycles. The SMILES string of the molecule is C=CCN(CC)C(=O)c1cc(F)c(F)cc1S(N)(=O)=O. The molecule has 0 atom stereocenters. The Bertz CT molecular complexity index is 644. The van der Waals surface area contributed by atoms with Gasteiger partial charge >= 0.3 is 0 Å². The van der Waals surface area contributed by atoms with Crippen LogP contribution in [0.15, 0.2) is 29.7 Å². The van der Waals surface area contributed by atoms with Crippen LogP contribution in [0.5, 0.6) is 0 Å². The number of nitrogens with two attached hydrogens (primary N) is 1. The Labute approximate surface area is 115 Å². The fourth-order valence-electron chi connectivity index (χ4n) is 1.61. The molecule has 0 aromatic heterocycles. The number of amides is 1. The highest BCUT2D eigenvalue weighted by Gasteiger charge is 2.25. The molecule has 0 unspecified atom stereocenters. The molecule has 1 rings (SSSR count). The van der Waals surface area contributed by atoms with Gasteiger partial charge in [-0.05, 0) is 19.1 Å². The molecule has 0 aliphatic rings. The maximum absolute atomic E-state index is 13.3. The molecule has 1 amide bonds. The molecule has 5 nitrogen and oxygen atoms in total. The van der Waals surface area contributed by atoms with E-state index in [1.165, 1.54) is 11.0 Å². The van der Waals surface area contributed by atoms with Crippen LogP contribution >= 0.6 is 0 Å². The molecule has 110 valence electrons. The summed E-state index contributed by atoms with van der Waals surface area (Å²) in [7, 11) is -4.35. The van der Waals surface area contributed by atoms with Gasteiger partial charge in [0.1, 0.15) is 0 Å². The summed E-state index contributed by atoms with van der Waals surface area (Å²) in [6.45, 7) is 5.49. The van der Waals surface area contributed by atoms with E-state index in [0.717, 1.165) is 0 Å². The number of hydrogen-bond acceptors (Lipinski definition) is 3. The van der Waals surface area contributed by atoms with Crippen molar-refractivity contribution in [2.24, 2.45) is 5.14 Å². The fourth-order valence-corrected chi connectivity index (χ4v) is 2.33. The van der Waals surface area contributed by atoms with Gasteiger partial charge in [0, 0.05) is 13.1 Å². The van der Waals surface area contributed by atoms with Crippen molar-refractivity contribution in [3.63, 3.8) is 0 Å². The molecular weight excluding hydrogens is 290 g/mol. The molecule has 8 heteroatoms. The Morgan fingerprint density at radius 2 is 1.95 bits per heavy atom. The van der Waals surface area contributed by atoms with Crippen LogP contribution in [-0.2, 0) is 10.0 Å². The van der Waals surface area contributed by atoms with E-state index in [4.69, 9.17) is 5.14 Å². The van der Waals surface area contributed by atoms with Crippen molar-refractivity contribution in [3.05, 3.63) is 42.0 Å². The fraction of sp³-hybridized carbons (Fsp3) is 0.250. The maximum atomic E-state index is 13.3. The van der Waals surface area contributed by atoms with Crippen molar-refractivity contribution in [1.82, 2.24) is 4.90 Å². The van der Waals surface area contributed by atoms with E-state index < -0.39 is 38.0 Å². The van der Waals surface area contributed by atoms with Crippen molar-refractivity contribution < 1.29 is 22.0 Å². The quantitative estimate of drug-likeness (QED) is 0.832. The van der Waals surface area contributed by atoms with Crippen LogP contribution in [0.4, 0.5) is 8.78 Å². The third-order valence-electron chi connectivity index (χ3n) is 2.58. The van der Waals surface area contributed by atoms with Gasteiger partial charge in [-0.25, -0.2) is 22.3 Å². The van der Waals surface area contributed by atoms with Gasteiger partial charge in [-0.3, -0.25) is 4.79 Å². The lowest BCUT2D eigenvalue weighted by Crippen LogP contribution is -2.32. The highest BCUT2D eigenvalue weighted by Crippen LogP contribution is 2.20. The average molecular weight is 304 g/mol. The summed E-state index contributed by atoms with van der Waals surface area (Å²) in [5.74, 6) is -3.48. The lowest BCUT2D eigenvalue weighted by Gasteiger charge is -2.20. The molecule has 2 N–H and O–H groups in total. The van der Waals surface area contributed by atoms with E-state index in [-0.39, 0.29) is 13.1 Å². The summed E-state index contributed by atoms with van der Waals surface area (Å²) >= 11 is 0. The minimum Gasteiger partial charge on any atom is -0.335 e. The minimum atomic E-state index is -4.35. The second-order valence-corrected chi connectivity index (χ2v) is 5.47. The number of halogens is 2. The summed E-state index contributed by atoms with van der Waals surface area (Å²) in [5.41, 5.74) is -0.505. The second-order valence-electron chi connectivity index (χ2n) is 3.94. The summed E-state index contributed by atoms with van der Waals surface area (Å²) < 4.78 is 49.2. The van der Waals surface area contributed by atoms with E-state index in [0.29, 0.717) is 12.1 Å². The summed E-state index contributed by atoms with van der Waals surface area (Å²) in [5, 5.41) is 4.92. The van der Waals surface area contributed by atoms with Gasteiger partial charge in [0.15, 0.2) is 11.6 Å². The molecule has 20 heavy (non-hydrogen) atoms. The van der Waals surface area contributed by atoms with E-state index in [1.807, 2.05) is 0 Å². The van der Waals surface area contributed by atoms with Crippen molar-refractivity contribution in [2.75, 3.05) is 13.1 Å². The van der Waals surface area contributed by atoms with Gasteiger partial charge in [0.25, 0.3) is 5.91 Å². The number of nitrogens with zero attached hydrogens (tertiary/aromatic N) is 1. The molecule has 1 aromatic rings. The smallest absolute Gasteiger partial charge is 0.255 e. The van der Waals surface area contributed by atoms with Crippen molar-refractivity contribution in [3.8, 4) is 0 Å². The molecule has 0 fully saturated rings. The molecule has 0 saturated heterocycles. The van der Waals surface area contributed by atoms with Gasteiger partial charge in [0.05, 0.1) is 10.5 Å². The van der Waals surface area contributed by atoms with Crippen molar-refractivity contribution >= 4 is 15.9 Å². The number of rotatable bonds is 5. The Morgan fingerprint density at radius 1 is 1.40 bits per heavy atom. The summed E-state index contributed by atoms with van der Waals surface area (Å²) in [4.78, 5) is 12.6. The number of carbonyl (C=O) groups is 1. The zero-order valence-corrected chi connectivity index (χ0v) is 11.6. The van der Waals surface area contributed by atoms with Crippen LogP contribution in [0, 0.1) is 11.6 Å². The van der Waals surface area contributed by atoms with Crippen LogP contribution in [0.1, 0.15) is 17.3 Å². The zero-order chi connectivity index (χ0) is 15.5. The number of likely N-dealkylation sites (N-methyl/N-ethyl adjacent to an activating group) is 1. The Morgan fingerprint density at radius 3 is 2.40 bits per heavy atom. The molecule has 0 radical (unpaired) electrons. The van der Waals surface area contributed by atoms with Gasteiger partial charge < -0.3 is 4.90 Å². The Hall–Kier alpha value is -1.80. The largest absolute Gasteiger partial charge is 0.335 e. The van der Waals surface area contributed by atoms with Gasteiger partial charge in [-0.15, -0.1) is 6.58 Å². The number of primary sulfonamides is 1. The zero-order valence-electron chi connectivity index (χ0n) is 10.8. The predicted octanol–water partition coefficient (Wildman–Crippen LogP) is 1.26. The molecule has 0 saturated carbocycles. The first-order chi connectivity index (χ1) is 9.22. The van der Waals surface area contributed by atoms with Crippen LogP contribution in [-0.4, -0.2) is 32.3 Å². The van der Waals surface area contributed by atoms with Crippen LogP contribution in [0.2, 0.25) is 0 Å². The second kappa shape index (κ2) is 6.10. The predicted molar refractivity (Wildman–Crippen MR) is 69.5 cm³/mol. The first-order valence-electron chi connectivity index (χ1n) is 5.64. The van der Waals surface area contributed by atoms with Gasteiger partial charge in [-0.1, -0.05) is 6.08 Å². The third-order valence-corrected chi connectivity index (χ3v) is 3.53. The summed E-state index contributed by atoms with van der Waals surface area (Å²) in [6.07, 6.45) is 1.43. The number of carbonyl (C=O) groups excluding carboxylic acids is 1. The Balaban J connectivity index is 3.47. The van der Waals surface area contributed by atoms with Crippen LogP contribution in [0.25, 0.3) is 0 Å². The third kappa shape index (κ3) is 3.40. The van der Waals surface area contributed by atoms with Gasteiger partial charge in [0.2, 0.25) is 10.0 Å². The number of benzene rings is 1. The number of sulfonamides is 1. The first kappa shape index (κ1) is 16.3. The van der Waals surface area contributed by atoms with Crippen LogP contribution < -0.4 is 5.14 Å². The topological polar surface area (TPSA) is 80.5 Å². The maximum Gasteiger partial charge on any atom is 0.255 e. The average Bonchev–Trinajstić information content (AvgIpc) is 2.36. The molecule has 0 heterocycles. The standard InChI is InChI=1S/C12H14F2N2O3S/c1-3-5-16(4-2)12(17)8-6-9(13)10(14)7-11(8)20(15,18)19/h3,6-7H,1,4-5H2,2H3,(H2,15,18,19). The highest BCUT2D eigenvalue weighted by molar-refractivity contribution is 7.89. The van der Waals surface area contributed by atoms with E-state index in [1.54, 1.807) is 6.92 Å². The molecule has 1 aromatic carbocycles. The number of hydrogen-bond donors (Lipinski definition) is 1. The normalized spacial score (nSPS) is 11.2. The molecular formula is C12H14F2N2O3S. The van der Waals surface area contributed by atoms with Crippen molar-refractivity contribution in [1.29, 1.82) is 0 Å². The van der Waals surface area contributed by atoms with Crippen LogP contribution in [0.3, 0.4) is 0 Å². The summed E-state index contributed by atoms with van der Waals surface area (Å²) in [6, 6.07) is 0.933. The molecule has 0 spiro atoms. The lowest BCUT2D eigenvalue weighted by molar-refractivity contribution is 0.0777. The molecule has 0 bridgehead atoms. The van der Waals surface area contributed by atoms with E-state index in [9.17, 15) is 22.0 Å². The van der Waals surface area contributed by atoms with E-state index in [2.05, 4.69) is 6.58 Å². The lowest BCUT2D eigenvalue weighted by atomic mass is 10.2. The molecule has 0 aliphatic heterocycles. The highest BCUT2D eigenvalue weighted by atomic mass is 32.2. The minimum absolute atomic E-state index is 0.137. The Kier molecular flexibility index (Phi) is 4.96. The van der Waals surface area contributed by atoms with E-state index >= 15 is 0 Å². The van der Waals surface area contributed by atoms with Crippen molar-refractivity contribution in [2.45, 2.75) is 11.8 Å². The monoisotopic (exact) mass is 304 g/mol. The van der Waals surface area contributed by atoms with Gasteiger partial charge in [-0.2, -0.15) is 0 Å².